The summed E-state index contributed by atoms with van der Waals surface area (Å²) >= 11 is 0. The third-order valence-corrected chi connectivity index (χ3v) is 0.500. The first-order valence-electron chi connectivity index (χ1n) is 4.03. The zero-order valence-corrected chi connectivity index (χ0v) is 7.70. The van der Waals surface area contributed by atoms with Gasteiger partial charge in [0.15, 0.2) is 0 Å². The van der Waals surface area contributed by atoms with Crippen molar-refractivity contribution < 1.29 is 0 Å². The first-order chi connectivity index (χ1) is 4.33. The molecule has 0 heterocycles. The van der Waals surface area contributed by atoms with E-state index in [0.717, 1.165) is 6.54 Å². The average Bonchev–Trinajstić information content (AvgIpc) is 1.94. The summed E-state index contributed by atoms with van der Waals surface area (Å²) in [6.45, 7) is 11.0. The third kappa shape index (κ3) is 307. The topological polar surface area (TPSA) is 26.0 Å². The first-order valence-corrected chi connectivity index (χ1v) is 4.03. The lowest BCUT2D eigenvalue weighted by molar-refractivity contribution is 0.886. The van der Waals surface area contributed by atoms with Crippen LogP contribution in [-0.2, 0) is 0 Å². The van der Waals surface area contributed by atoms with Gasteiger partial charge in [-0.2, -0.15) is 0 Å². The van der Waals surface area contributed by atoms with Gasteiger partial charge in [0.25, 0.3) is 0 Å². The summed E-state index contributed by atoms with van der Waals surface area (Å²) in [6, 6.07) is 0. The lowest BCUT2D eigenvalue weighted by Crippen LogP contribution is -1.87. The highest BCUT2D eigenvalue weighted by atomic mass is 14.5. The summed E-state index contributed by atoms with van der Waals surface area (Å²) in [4.78, 5) is 0. The van der Waals surface area contributed by atoms with E-state index in [9.17, 15) is 0 Å². The summed E-state index contributed by atoms with van der Waals surface area (Å²) in [5.41, 5.74) is 4.85. The number of hydrogen-bond acceptors (Lipinski definition) is 1. The van der Waals surface area contributed by atoms with Crippen molar-refractivity contribution in [3.8, 4) is 0 Å². The molecule has 0 fully saturated rings. The summed E-state index contributed by atoms with van der Waals surface area (Å²) in [5, 5.41) is 0. The Labute approximate surface area is 60.6 Å². The summed E-state index contributed by atoms with van der Waals surface area (Å²) in [6.07, 6.45) is 2.64. The van der Waals surface area contributed by atoms with Gasteiger partial charge in [0.05, 0.1) is 0 Å². The Morgan fingerprint density at radius 2 is 1.00 bits per heavy atom. The van der Waals surface area contributed by atoms with Gasteiger partial charge in [-0.15, -0.1) is 0 Å². The van der Waals surface area contributed by atoms with Crippen molar-refractivity contribution in [1.82, 2.24) is 0 Å². The molecule has 0 saturated carbocycles. The van der Waals surface area contributed by atoms with Gasteiger partial charge < -0.3 is 5.73 Å². The van der Waals surface area contributed by atoms with Crippen LogP contribution in [-0.4, -0.2) is 6.54 Å². The molecule has 9 heavy (non-hydrogen) atoms. The molecule has 0 aromatic carbocycles. The van der Waals surface area contributed by atoms with Crippen LogP contribution in [0.5, 0.6) is 0 Å². The van der Waals surface area contributed by atoms with E-state index in [1.54, 1.807) is 0 Å². The summed E-state index contributed by atoms with van der Waals surface area (Å²) < 4.78 is 0. The molecule has 0 atom stereocenters. The van der Waals surface area contributed by atoms with Crippen LogP contribution in [0.25, 0.3) is 0 Å². The van der Waals surface area contributed by atoms with Crippen molar-refractivity contribution in [2.24, 2.45) is 5.73 Å². The molecule has 0 bridgehead atoms. The maximum absolute atomic E-state index is 4.85. The van der Waals surface area contributed by atoms with Crippen molar-refractivity contribution in [2.75, 3.05) is 6.54 Å². The van der Waals surface area contributed by atoms with Crippen LogP contribution >= 0.6 is 0 Å². The molecule has 0 spiro atoms. The highest BCUT2D eigenvalue weighted by Gasteiger charge is 1.56. The molecule has 0 radical (unpaired) electrons. The molecule has 0 aliphatic rings. The molecule has 0 saturated heterocycles. The Morgan fingerprint density at radius 3 is 1.00 bits per heavy atom. The minimum Gasteiger partial charge on any atom is -0.331 e. The normalized spacial score (nSPS) is 6.00. The van der Waals surface area contributed by atoms with Gasteiger partial charge in [0, 0.05) is 0 Å². The highest BCUT2D eigenvalue weighted by Crippen LogP contribution is 1.76. The summed E-state index contributed by atoms with van der Waals surface area (Å²) in [5.74, 6) is 0. The minimum atomic E-state index is 0.750. The van der Waals surface area contributed by atoms with E-state index in [1.807, 2.05) is 20.8 Å². The van der Waals surface area contributed by atoms with Gasteiger partial charge in [0.1, 0.15) is 0 Å². The Morgan fingerprint density at radius 1 is 0.889 bits per heavy atom. The molecule has 0 aromatic heterocycles. The standard InChI is InChI=1S/C4H10.C2H7N.C2H6/c1-3-4-2;1-2-3;1-2/h3-4H2,1-2H3;2-3H2,1H3;1-2H3. The Bertz CT molecular complexity index is 12.0. The van der Waals surface area contributed by atoms with Crippen LogP contribution in [0.1, 0.15) is 47.5 Å². The monoisotopic (exact) mass is 133 g/mol. The molecular weight excluding hydrogens is 110 g/mol. The lowest BCUT2D eigenvalue weighted by atomic mass is 10.4. The molecule has 0 unspecified atom stereocenters. The second kappa shape index (κ2) is 44.0. The van der Waals surface area contributed by atoms with Crippen LogP contribution in [0.3, 0.4) is 0 Å². The van der Waals surface area contributed by atoms with Gasteiger partial charge in [-0.3, -0.25) is 0 Å². The number of nitrogens with two attached hydrogens (primary N) is 1. The van der Waals surface area contributed by atoms with E-state index >= 15 is 0 Å². The Hall–Kier alpha value is -0.0400. The molecule has 1 heteroatoms. The van der Waals surface area contributed by atoms with Gasteiger partial charge in [-0.1, -0.05) is 47.5 Å². The van der Waals surface area contributed by atoms with Crippen molar-refractivity contribution in [2.45, 2.75) is 47.5 Å². The zero-order valence-electron chi connectivity index (χ0n) is 7.70. The van der Waals surface area contributed by atoms with E-state index in [1.165, 1.54) is 12.8 Å². The molecule has 1 nitrogen and oxygen atoms in total. The van der Waals surface area contributed by atoms with Gasteiger partial charge in [-0.05, 0) is 6.54 Å². The molecule has 60 valence electrons. The van der Waals surface area contributed by atoms with E-state index < -0.39 is 0 Å². The fourth-order valence-corrected chi connectivity index (χ4v) is 0. The van der Waals surface area contributed by atoms with E-state index in [2.05, 4.69) is 13.8 Å². The fraction of sp³-hybridized carbons (Fsp3) is 1.00. The van der Waals surface area contributed by atoms with Crippen molar-refractivity contribution in [1.29, 1.82) is 0 Å². The zero-order chi connectivity index (χ0) is 8.12. The van der Waals surface area contributed by atoms with Crippen molar-refractivity contribution >= 4 is 0 Å². The Kier molecular flexibility index (Phi) is 78.2. The second-order valence-corrected chi connectivity index (χ2v) is 1.41. The summed E-state index contributed by atoms with van der Waals surface area (Å²) in [7, 11) is 0. The highest BCUT2D eigenvalue weighted by molar-refractivity contribution is 4.12. The third-order valence-electron chi connectivity index (χ3n) is 0.500. The van der Waals surface area contributed by atoms with Crippen LogP contribution in [0.15, 0.2) is 0 Å². The predicted octanol–water partition coefficient (Wildman–Crippen LogP) is 2.80. The second-order valence-electron chi connectivity index (χ2n) is 1.41. The van der Waals surface area contributed by atoms with Gasteiger partial charge >= 0.3 is 0 Å². The van der Waals surface area contributed by atoms with Crippen LogP contribution < -0.4 is 5.73 Å². The number of hydrogen-bond donors (Lipinski definition) is 1. The fourth-order valence-electron chi connectivity index (χ4n) is 0. The maximum atomic E-state index is 4.85. The molecule has 0 amide bonds. The first kappa shape index (κ1) is 16.0. The number of rotatable bonds is 1. The SMILES string of the molecule is CC.CCCC.CCN. The minimum absolute atomic E-state index is 0.750. The molecule has 2 N–H and O–H groups in total. The van der Waals surface area contributed by atoms with Crippen molar-refractivity contribution in [3.63, 3.8) is 0 Å². The Balaban J connectivity index is -0.0000000646. The van der Waals surface area contributed by atoms with Gasteiger partial charge in [-0.25, -0.2) is 0 Å². The average molecular weight is 133 g/mol. The molecule has 0 aliphatic carbocycles. The molecule has 0 rings (SSSR count). The predicted molar refractivity (Wildman–Crippen MR) is 46.7 cm³/mol. The van der Waals surface area contributed by atoms with E-state index in [-0.39, 0.29) is 0 Å². The van der Waals surface area contributed by atoms with E-state index in [4.69, 9.17) is 5.73 Å². The maximum Gasteiger partial charge on any atom is -0.0106 e. The van der Waals surface area contributed by atoms with Crippen LogP contribution in [0.2, 0.25) is 0 Å². The van der Waals surface area contributed by atoms with E-state index in [0.29, 0.717) is 0 Å². The van der Waals surface area contributed by atoms with Crippen LogP contribution in [0.4, 0.5) is 0 Å². The quantitative estimate of drug-likeness (QED) is 0.585. The largest absolute Gasteiger partial charge is 0.331 e. The van der Waals surface area contributed by atoms with Crippen molar-refractivity contribution in [3.05, 3.63) is 0 Å². The number of unbranched alkanes of at least 4 members (excludes halogenated alkanes) is 1. The van der Waals surface area contributed by atoms with Gasteiger partial charge in [0.2, 0.25) is 0 Å². The molecule has 0 aromatic rings. The van der Waals surface area contributed by atoms with Crippen LogP contribution in [0, 0.1) is 0 Å². The lowest BCUT2D eigenvalue weighted by Gasteiger charge is -1.68. The molecule has 0 aliphatic heterocycles. The smallest absolute Gasteiger partial charge is 0.0106 e. The molecular formula is C8H23N.